The molecule has 0 amide bonds. The Labute approximate surface area is 116 Å². The predicted octanol–water partition coefficient (Wildman–Crippen LogP) is 3.96. The predicted molar refractivity (Wildman–Crippen MR) is 75.9 cm³/mol. The van der Waals surface area contributed by atoms with Crippen molar-refractivity contribution >= 4 is 11.8 Å². The third-order valence-electron chi connectivity index (χ3n) is 3.50. The van der Waals surface area contributed by atoms with E-state index in [1.807, 2.05) is 6.92 Å². The van der Waals surface area contributed by atoms with Crippen molar-refractivity contribution in [3.8, 4) is 0 Å². The van der Waals surface area contributed by atoms with Gasteiger partial charge in [0.25, 0.3) is 0 Å². The molecule has 0 spiro atoms. The topological polar surface area (TPSA) is 43.4 Å². The fourth-order valence-corrected chi connectivity index (χ4v) is 2.42. The van der Waals surface area contributed by atoms with Gasteiger partial charge in [-0.1, -0.05) is 31.8 Å². The summed E-state index contributed by atoms with van der Waals surface area (Å²) < 4.78 is 4.88. The Kier molecular flexibility index (Phi) is 8.19. The van der Waals surface area contributed by atoms with Gasteiger partial charge in [0.15, 0.2) is 5.78 Å². The van der Waals surface area contributed by atoms with Crippen LogP contribution in [0.2, 0.25) is 0 Å². The molecule has 108 valence electrons. The maximum absolute atomic E-state index is 11.4. The monoisotopic (exact) mass is 266 g/mol. The Bertz CT molecular complexity index is 318. The third-order valence-corrected chi connectivity index (χ3v) is 3.50. The zero-order valence-corrected chi connectivity index (χ0v) is 12.1. The molecule has 1 aliphatic carbocycles. The second kappa shape index (κ2) is 9.76. The molecule has 0 aromatic carbocycles. The van der Waals surface area contributed by atoms with Crippen LogP contribution in [-0.2, 0) is 14.3 Å². The van der Waals surface area contributed by atoms with Crippen molar-refractivity contribution < 1.29 is 14.3 Å². The fraction of sp³-hybridized carbons (Fsp3) is 0.750. The normalized spacial score (nSPS) is 14.6. The van der Waals surface area contributed by atoms with Crippen LogP contribution in [0.5, 0.6) is 0 Å². The van der Waals surface area contributed by atoms with E-state index in [1.54, 1.807) is 0 Å². The summed E-state index contributed by atoms with van der Waals surface area (Å²) in [5.41, 5.74) is 1.06. The second-order valence-corrected chi connectivity index (χ2v) is 5.12. The van der Waals surface area contributed by atoms with Gasteiger partial charge >= 0.3 is 5.97 Å². The first-order valence-corrected chi connectivity index (χ1v) is 7.62. The van der Waals surface area contributed by atoms with E-state index in [9.17, 15) is 9.59 Å². The number of unbranched alkanes of at least 4 members (excludes halogenated alkanes) is 5. The van der Waals surface area contributed by atoms with Crippen molar-refractivity contribution in [1.82, 2.24) is 0 Å². The van der Waals surface area contributed by atoms with Gasteiger partial charge in [-0.15, -0.1) is 0 Å². The SMILES string of the molecule is CCOC(=O)CCCCCCCCC1=CCCC1=O. The molecule has 0 fully saturated rings. The van der Waals surface area contributed by atoms with Gasteiger partial charge in [0.05, 0.1) is 6.61 Å². The summed E-state index contributed by atoms with van der Waals surface area (Å²) in [6, 6.07) is 0. The largest absolute Gasteiger partial charge is 0.466 e. The first kappa shape index (κ1) is 15.9. The van der Waals surface area contributed by atoms with E-state index in [2.05, 4.69) is 6.08 Å². The van der Waals surface area contributed by atoms with Gasteiger partial charge in [0.2, 0.25) is 0 Å². The van der Waals surface area contributed by atoms with Gasteiger partial charge < -0.3 is 4.74 Å². The van der Waals surface area contributed by atoms with Crippen LogP contribution in [0.15, 0.2) is 11.6 Å². The van der Waals surface area contributed by atoms with E-state index >= 15 is 0 Å². The molecule has 0 unspecified atom stereocenters. The van der Waals surface area contributed by atoms with Gasteiger partial charge in [-0.25, -0.2) is 0 Å². The molecule has 0 aromatic rings. The van der Waals surface area contributed by atoms with Gasteiger partial charge in [0, 0.05) is 12.8 Å². The van der Waals surface area contributed by atoms with Crippen molar-refractivity contribution in [1.29, 1.82) is 0 Å². The highest BCUT2D eigenvalue weighted by atomic mass is 16.5. The summed E-state index contributed by atoms with van der Waals surface area (Å²) in [5.74, 6) is 0.281. The Morgan fingerprint density at radius 3 is 2.47 bits per heavy atom. The molecule has 19 heavy (non-hydrogen) atoms. The second-order valence-electron chi connectivity index (χ2n) is 5.12. The zero-order valence-electron chi connectivity index (χ0n) is 12.1. The van der Waals surface area contributed by atoms with Crippen LogP contribution in [0.1, 0.15) is 71.1 Å². The lowest BCUT2D eigenvalue weighted by Gasteiger charge is -2.03. The van der Waals surface area contributed by atoms with Crippen molar-refractivity contribution in [2.45, 2.75) is 71.1 Å². The summed E-state index contributed by atoms with van der Waals surface area (Å²) in [5, 5.41) is 0. The van der Waals surface area contributed by atoms with Crippen LogP contribution in [0.3, 0.4) is 0 Å². The number of ketones is 1. The number of hydrogen-bond donors (Lipinski definition) is 0. The summed E-state index contributed by atoms with van der Waals surface area (Å²) >= 11 is 0. The maximum atomic E-state index is 11.4. The molecule has 0 bridgehead atoms. The van der Waals surface area contributed by atoms with Crippen molar-refractivity contribution in [3.63, 3.8) is 0 Å². The summed E-state index contributed by atoms with van der Waals surface area (Å²) in [6.07, 6.45) is 12.0. The Hall–Kier alpha value is -1.12. The number of hydrogen-bond acceptors (Lipinski definition) is 3. The van der Waals surface area contributed by atoms with Crippen molar-refractivity contribution in [3.05, 3.63) is 11.6 Å². The van der Waals surface area contributed by atoms with Crippen LogP contribution >= 0.6 is 0 Å². The molecule has 0 heterocycles. The Morgan fingerprint density at radius 1 is 1.16 bits per heavy atom. The van der Waals surface area contributed by atoms with Crippen molar-refractivity contribution in [2.75, 3.05) is 6.61 Å². The molecule has 1 aliphatic rings. The molecule has 0 saturated heterocycles. The van der Waals surface area contributed by atoms with Crippen LogP contribution in [0.4, 0.5) is 0 Å². The number of allylic oxidation sites excluding steroid dienone is 2. The third kappa shape index (κ3) is 7.14. The molecule has 1 rings (SSSR count). The molecule has 3 heteroatoms. The number of ether oxygens (including phenoxy) is 1. The number of Topliss-reactive ketones (excluding diaryl/α,β-unsaturated/α-hetero) is 1. The summed E-state index contributed by atoms with van der Waals surface area (Å²) in [4.78, 5) is 22.5. The van der Waals surface area contributed by atoms with Crippen LogP contribution in [-0.4, -0.2) is 18.4 Å². The number of carbonyl (C=O) groups excluding carboxylic acids is 2. The van der Waals surface area contributed by atoms with Gasteiger partial charge in [-0.05, 0) is 38.2 Å². The molecule has 0 saturated carbocycles. The van der Waals surface area contributed by atoms with E-state index < -0.39 is 0 Å². The lowest BCUT2D eigenvalue weighted by atomic mass is 10.0. The zero-order chi connectivity index (χ0) is 13.9. The maximum Gasteiger partial charge on any atom is 0.305 e. The summed E-state index contributed by atoms with van der Waals surface area (Å²) in [6.45, 7) is 2.32. The van der Waals surface area contributed by atoms with E-state index in [4.69, 9.17) is 4.74 Å². The standard InChI is InChI=1S/C16H26O3/c1-2-19-16(18)13-8-6-4-3-5-7-10-14-11-9-12-15(14)17/h11H,2-10,12-13H2,1H3. The number of carbonyl (C=O) groups is 2. The molecule has 0 N–H and O–H groups in total. The quantitative estimate of drug-likeness (QED) is 0.444. The lowest BCUT2D eigenvalue weighted by molar-refractivity contribution is -0.143. The smallest absolute Gasteiger partial charge is 0.305 e. The first-order valence-electron chi connectivity index (χ1n) is 7.62. The van der Waals surface area contributed by atoms with E-state index in [1.165, 1.54) is 19.3 Å². The Balaban J connectivity index is 1.86. The molecule has 0 aliphatic heterocycles. The highest BCUT2D eigenvalue weighted by Gasteiger charge is 2.13. The molecule has 0 radical (unpaired) electrons. The lowest BCUT2D eigenvalue weighted by Crippen LogP contribution is -2.03. The minimum Gasteiger partial charge on any atom is -0.466 e. The average molecular weight is 266 g/mol. The number of esters is 1. The minimum atomic E-state index is -0.0748. The van der Waals surface area contributed by atoms with Gasteiger partial charge in [0.1, 0.15) is 0 Å². The molecule has 3 nitrogen and oxygen atoms in total. The average Bonchev–Trinajstić information content (AvgIpc) is 2.79. The molecule has 0 atom stereocenters. The van der Waals surface area contributed by atoms with Crippen LogP contribution in [0.25, 0.3) is 0 Å². The van der Waals surface area contributed by atoms with E-state index in [0.29, 0.717) is 18.8 Å². The summed E-state index contributed by atoms with van der Waals surface area (Å²) in [7, 11) is 0. The van der Waals surface area contributed by atoms with Crippen LogP contribution in [0, 0.1) is 0 Å². The molecular formula is C16H26O3. The van der Waals surface area contributed by atoms with Gasteiger partial charge in [-0.3, -0.25) is 9.59 Å². The molecule has 0 aromatic heterocycles. The fourth-order valence-electron chi connectivity index (χ4n) is 2.42. The first-order chi connectivity index (χ1) is 9.24. The van der Waals surface area contributed by atoms with E-state index in [-0.39, 0.29) is 5.97 Å². The van der Waals surface area contributed by atoms with Crippen molar-refractivity contribution in [2.24, 2.45) is 0 Å². The van der Waals surface area contributed by atoms with E-state index in [0.717, 1.165) is 44.1 Å². The highest BCUT2D eigenvalue weighted by Crippen LogP contribution is 2.20. The minimum absolute atomic E-state index is 0.0748. The van der Waals surface area contributed by atoms with Crippen LogP contribution < -0.4 is 0 Å². The molecular weight excluding hydrogens is 240 g/mol. The number of rotatable bonds is 10. The Morgan fingerprint density at radius 2 is 1.84 bits per heavy atom. The van der Waals surface area contributed by atoms with Gasteiger partial charge in [-0.2, -0.15) is 0 Å². The highest BCUT2D eigenvalue weighted by molar-refractivity contribution is 5.97.